The minimum absolute atomic E-state index is 0.0168. The molecule has 248 valence electrons. The van der Waals surface area contributed by atoms with Gasteiger partial charge in [0.1, 0.15) is 16.7 Å². The van der Waals surface area contributed by atoms with E-state index in [0.717, 1.165) is 10.5 Å². The first-order valence-corrected chi connectivity index (χ1v) is 16.1. The van der Waals surface area contributed by atoms with Crippen molar-refractivity contribution in [2.24, 2.45) is 0 Å². The molecule has 0 saturated carbocycles. The van der Waals surface area contributed by atoms with Gasteiger partial charge in [0.25, 0.3) is 11.8 Å². The van der Waals surface area contributed by atoms with E-state index >= 15 is 0 Å². The lowest BCUT2D eigenvalue weighted by molar-refractivity contribution is -0.116. The van der Waals surface area contributed by atoms with Gasteiger partial charge in [0.2, 0.25) is 5.91 Å². The summed E-state index contributed by atoms with van der Waals surface area (Å²) in [7, 11) is 4.57. The molecule has 9 nitrogen and oxygen atoms in total. The smallest absolute Gasteiger partial charge is 0.272 e. The van der Waals surface area contributed by atoms with Crippen molar-refractivity contribution in [3.05, 3.63) is 150 Å². The van der Waals surface area contributed by atoms with Gasteiger partial charge in [-0.25, -0.2) is 0 Å². The number of anilines is 2. The lowest BCUT2D eigenvalue weighted by Gasteiger charge is -2.19. The number of ether oxygens (including phenoxy) is 3. The molecule has 10 heteroatoms. The van der Waals surface area contributed by atoms with Gasteiger partial charge in [-0.05, 0) is 60.2 Å². The van der Waals surface area contributed by atoms with Crippen molar-refractivity contribution in [2.45, 2.75) is 10.1 Å². The molecule has 1 unspecified atom stereocenters. The molecule has 0 fully saturated rings. The number of carbonyl (C=O) groups excluding carboxylic acids is 3. The van der Waals surface area contributed by atoms with Crippen LogP contribution in [0.5, 0.6) is 17.2 Å². The highest BCUT2D eigenvalue weighted by Crippen LogP contribution is 2.38. The van der Waals surface area contributed by atoms with E-state index in [-0.39, 0.29) is 11.6 Å². The van der Waals surface area contributed by atoms with Gasteiger partial charge in [-0.15, -0.1) is 11.8 Å². The molecule has 0 aliphatic carbocycles. The first kappa shape index (κ1) is 34.3. The van der Waals surface area contributed by atoms with Crippen LogP contribution in [0.2, 0.25) is 0 Å². The Bertz CT molecular complexity index is 1950. The normalized spacial score (nSPS) is 11.5. The lowest BCUT2D eigenvalue weighted by Crippen LogP contribution is -2.30. The molecule has 0 aliphatic rings. The second kappa shape index (κ2) is 16.7. The van der Waals surface area contributed by atoms with Gasteiger partial charge in [0, 0.05) is 21.7 Å². The van der Waals surface area contributed by atoms with Crippen molar-refractivity contribution >= 4 is 46.9 Å². The van der Waals surface area contributed by atoms with E-state index in [9.17, 15) is 14.4 Å². The molecule has 0 radical (unpaired) electrons. The number of carbonyl (C=O) groups is 3. The summed E-state index contributed by atoms with van der Waals surface area (Å²) in [5.41, 5.74) is 2.71. The fraction of sp³-hybridized carbons (Fsp3) is 0.103. The zero-order valence-electron chi connectivity index (χ0n) is 27.1. The Labute approximate surface area is 289 Å². The number of amides is 3. The number of para-hydroxylation sites is 3. The van der Waals surface area contributed by atoms with Gasteiger partial charge >= 0.3 is 0 Å². The zero-order valence-corrected chi connectivity index (χ0v) is 28.0. The van der Waals surface area contributed by atoms with E-state index in [2.05, 4.69) is 16.0 Å². The summed E-state index contributed by atoms with van der Waals surface area (Å²) in [4.78, 5) is 41.4. The summed E-state index contributed by atoms with van der Waals surface area (Å²) in [5.74, 6) is 0.159. The van der Waals surface area contributed by atoms with E-state index in [1.54, 1.807) is 86.0 Å². The fourth-order valence-corrected chi connectivity index (χ4v) is 6.04. The molecule has 5 aromatic rings. The molecule has 5 rings (SSSR count). The van der Waals surface area contributed by atoms with E-state index in [4.69, 9.17) is 14.2 Å². The molecule has 3 amide bonds. The quantitative estimate of drug-likeness (QED) is 0.0872. The van der Waals surface area contributed by atoms with Crippen LogP contribution in [0.1, 0.15) is 26.7 Å². The molecular weight excluding hydrogens is 639 g/mol. The van der Waals surface area contributed by atoms with Gasteiger partial charge in [-0.2, -0.15) is 0 Å². The maximum absolute atomic E-state index is 13.8. The van der Waals surface area contributed by atoms with Crippen LogP contribution >= 0.6 is 11.8 Å². The SMILES string of the molecule is COc1ccccc1NC(=O)C(Sc1cccc(NC(=O)/C(=C\c2cccc(OC)c2OC)NC(=O)c2ccccc2)c1)c1ccccc1. The van der Waals surface area contributed by atoms with Crippen LogP contribution < -0.4 is 30.2 Å². The number of rotatable bonds is 13. The molecular formula is C39H35N3O6S. The van der Waals surface area contributed by atoms with Crippen LogP contribution in [0.15, 0.2) is 138 Å². The summed E-state index contributed by atoms with van der Waals surface area (Å²) in [6, 6.07) is 37.7. The summed E-state index contributed by atoms with van der Waals surface area (Å²) in [5, 5.41) is 8.02. The first-order chi connectivity index (χ1) is 23.9. The predicted molar refractivity (Wildman–Crippen MR) is 193 cm³/mol. The van der Waals surface area contributed by atoms with Crippen LogP contribution in [-0.2, 0) is 9.59 Å². The summed E-state index contributed by atoms with van der Waals surface area (Å²) >= 11 is 1.33. The zero-order chi connectivity index (χ0) is 34.6. The molecule has 0 heterocycles. The largest absolute Gasteiger partial charge is 0.495 e. The van der Waals surface area contributed by atoms with Crippen molar-refractivity contribution in [1.29, 1.82) is 0 Å². The predicted octanol–water partition coefficient (Wildman–Crippen LogP) is 7.59. The van der Waals surface area contributed by atoms with Crippen LogP contribution in [0.25, 0.3) is 6.08 Å². The maximum Gasteiger partial charge on any atom is 0.272 e. The molecule has 0 bridgehead atoms. The highest BCUT2D eigenvalue weighted by molar-refractivity contribution is 8.00. The monoisotopic (exact) mass is 673 g/mol. The number of thioether (sulfide) groups is 1. The topological polar surface area (TPSA) is 115 Å². The van der Waals surface area contributed by atoms with Crippen molar-refractivity contribution in [1.82, 2.24) is 5.32 Å². The number of hydrogen-bond donors (Lipinski definition) is 3. The average Bonchev–Trinajstić information content (AvgIpc) is 3.14. The van der Waals surface area contributed by atoms with Gasteiger partial charge < -0.3 is 30.2 Å². The third-order valence-corrected chi connectivity index (χ3v) is 8.56. The molecule has 0 aromatic heterocycles. The number of nitrogens with one attached hydrogen (secondary N) is 3. The standard InChI is InChI=1S/C39H35N3O6S/c1-46-33-22-11-10-21-31(33)41-39(45)36(26-14-6-4-7-15-26)49-30-20-13-19-29(25-30)40-38(44)32(42-37(43)27-16-8-5-9-17-27)24-28-18-12-23-34(47-2)35(28)48-3/h4-25,36H,1-3H3,(H,40,44)(H,41,45)(H,42,43)/b32-24+. The number of hydrogen-bond acceptors (Lipinski definition) is 7. The molecule has 1 atom stereocenters. The Morgan fingerprint density at radius 2 is 1.33 bits per heavy atom. The third kappa shape index (κ3) is 8.88. The Hall–Kier alpha value is -6.00. The number of benzene rings is 5. The Morgan fingerprint density at radius 1 is 0.673 bits per heavy atom. The van der Waals surface area contributed by atoms with Crippen molar-refractivity contribution in [3.63, 3.8) is 0 Å². The summed E-state index contributed by atoms with van der Waals surface area (Å²) < 4.78 is 16.4. The first-order valence-electron chi connectivity index (χ1n) is 15.3. The van der Waals surface area contributed by atoms with E-state index in [1.165, 1.54) is 32.1 Å². The summed E-state index contributed by atoms with van der Waals surface area (Å²) in [6.07, 6.45) is 1.53. The third-order valence-electron chi connectivity index (χ3n) is 7.31. The molecule has 0 spiro atoms. The molecule has 0 aliphatic heterocycles. The maximum atomic E-state index is 13.8. The van der Waals surface area contributed by atoms with Gasteiger partial charge in [-0.3, -0.25) is 14.4 Å². The lowest BCUT2D eigenvalue weighted by atomic mass is 10.1. The minimum atomic E-state index is -0.627. The highest BCUT2D eigenvalue weighted by atomic mass is 32.2. The number of methoxy groups -OCH3 is 3. The second-order valence-electron chi connectivity index (χ2n) is 10.5. The van der Waals surface area contributed by atoms with Crippen LogP contribution in [0.3, 0.4) is 0 Å². The van der Waals surface area contributed by atoms with Crippen molar-refractivity contribution in [2.75, 3.05) is 32.0 Å². The Balaban J connectivity index is 1.42. The van der Waals surface area contributed by atoms with Crippen LogP contribution in [0, 0.1) is 0 Å². The van der Waals surface area contributed by atoms with E-state index < -0.39 is 17.1 Å². The van der Waals surface area contributed by atoms with Gasteiger partial charge in [0.05, 0.1) is 27.0 Å². The molecule has 49 heavy (non-hydrogen) atoms. The second-order valence-corrected chi connectivity index (χ2v) is 11.7. The molecule has 3 N–H and O–H groups in total. The average molecular weight is 674 g/mol. The molecule has 5 aromatic carbocycles. The van der Waals surface area contributed by atoms with E-state index in [0.29, 0.717) is 39.8 Å². The van der Waals surface area contributed by atoms with Crippen LogP contribution in [-0.4, -0.2) is 39.1 Å². The van der Waals surface area contributed by atoms with Gasteiger partial charge in [0.15, 0.2) is 11.5 Å². The molecule has 0 saturated heterocycles. The minimum Gasteiger partial charge on any atom is -0.495 e. The van der Waals surface area contributed by atoms with Gasteiger partial charge in [-0.1, -0.05) is 78.9 Å². The Morgan fingerprint density at radius 3 is 2.04 bits per heavy atom. The van der Waals surface area contributed by atoms with E-state index in [1.807, 2.05) is 48.5 Å². The van der Waals surface area contributed by atoms with Crippen LogP contribution in [0.4, 0.5) is 11.4 Å². The fourth-order valence-electron chi connectivity index (χ4n) is 4.95. The highest BCUT2D eigenvalue weighted by Gasteiger charge is 2.24. The van der Waals surface area contributed by atoms with Crippen molar-refractivity contribution in [3.8, 4) is 17.2 Å². The summed E-state index contributed by atoms with van der Waals surface area (Å²) in [6.45, 7) is 0. The van der Waals surface area contributed by atoms with Crippen molar-refractivity contribution < 1.29 is 28.6 Å². The Kier molecular flexibility index (Phi) is 11.7.